The highest BCUT2D eigenvalue weighted by molar-refractivity contribution is 6.31. The predicted molar refractivity (Wildman–Crippen MR) is 111 cm³/mol. The summed E-state index contributed by atoms with van der Waals surface area (Å²) in [4.78, 5) is 24.9. The zero-order valence-electron chi connectivity index (χ0n) is 15.7. The van der Waals surface area contributed by atoms with Crippen molar-refractivity contribution >= 4 is 34.0 Å². The van der Waals surface area contributed by atoms with E-state index in [2.05, 4.69) is 5.32 Å². The number of rotatable bonds is 7. The second-order valence-corrected chi connectivity index (χ2v) is 6.65. The largest absolute Gasteiger partial charge is 0.495 e. The van der Waals surface area contributed by atoms with Gasteiger partial charge in [-0.2, -0.15) is 0 Å². The zero-order valence-corrected chi connectivity index (χ0v) is 16.5. The normalized spacial score (nSPS) is 10.7. The molecule has 0 spiro atoms. The van der Waals surface area contributed by atoms with E-state index in [0.717, 1.165) is 6.42 Å². The van der Waals surface area contributed by atoms with Gasteiger partial charge in [0.1, 0.15) is 11.5 Å². The van der Waals surface area contributed by atoms with Crippen LogP contribution in [0.3, 0.4) is 0 Å². The molecule has 146 valence electrons. The van der Waals surface area contributed by atoms with E-state index in [0.29, 0.717) is 39.5 Å². The highest BCUT2D eigenvalue weighted by Gasteiger charge is 2.11. The van der Waals surface area contributed by atoms with E-state index in [-0.39, 0.29) is 18.1 Å². The molecule has 0 unspecified atom stereocenters. The summed E-state index contributed by atoms with van der Waals surface area (Å²) < 4.78 is 12.6. The van der Waals surface area contributed by atoms with Gasteiger partial charge in [-0.15, -0.1) is 0 Å². The summed E-state index contributed by atoms with van der Waals surface area (Å²) in [6, 6.07) is 12.0. The first-order chi connectivity index (χ1) is 13.5. The van der Waals surface area contributed by atoms with Gasteiger partial charge < -0.3 is 19.4 Å². The molecule has 6 nitrogen and oxygen atoms in total. The molecule has 2 aromatic carbocycles. The van der Waals surface area contributed by atoms with E-state index >= 15 is 0 Å². The van der Waals surface area contributed by atoms with Crippen molar-refractivity contribution in [1.29, 1.82) is 0 Å². The van der Waals surface area contributed by atoms with Crippen molar-refractivity contribution in [1.82, 2.24) is 4.57 Å². The maximum Gasteiger partial charge on any atom is 0.262 e. The summed E-state index contributed by atoms with van der Waals surface area (Å²) in [5.74, 6) is 0.614. The van der Waals surface area contributed by atoms with Gasteiger partial charge >= 0.3 is 0 Å². The van der Waals surface area contributed by atoms with Crippen molar-refractivity contribution < 1.29 is 14.3 Å². The molecule has 1 heterocycles. The number of pyridine rings is 1. The Morgan fingerprint density at radius 3 is 2.71 bits per heavy atom. The minimum Gasteiger partial charge on any atom is -0.495 e. The number of methoxy groups -OCH3 is 1. The third-order valence-electron chi connectivity index (χ3n) is 4.24. The maximum absolute atomic E-state index is 12.6. The number of fused-ring (bicyclic) bond motifs is 1. The molecule has 0 aliphatic carbocycles. The Bertz CT molecular complexity index is 1060. The van der Waals surface area contributed by atoms with Gasteiger partial charge in [0.15, 0.2) is 6.61 Å². The molecule has 3 aromatic rings. The summed E-state index contributed by atoms with van der Waals surface area (Å²) in [7, 11) is 1.51. The van der Waals surface area contributed by atoms with E-state index in [9.17, 15) is 9.59 Å². The number of aryl methyl sites for hydroxylation is 1. The number of carbonyl (C=O) groups is 1. The lowest BCUT2D eigenvalue weighted by Crippen LogP contribution is -2.21. The molecule has 0 atom stereocenters. The summed E-state index contributed by atoms with van der Waals surface area (Å²) in [5, 5.41) is 4.43. The molecule has 1 aromatic heterocycles. The number of hydrogen-bond acceptors (Lipinski definition) is 4. The maximum atomic E-state index is 12.6. The fourth-order valence-corrected chi connectivity index (χ4v) is 3.11. The van der Waals surface area contributed by atoms with Crippen molar-refractivity contribution in [2.75, 3.05) is 19.0 Å². The Morgan fingerprint density at radius 1 is 1.14 bits per heavy atom. The van der Waals surface area contributed by atoms with Crippen molar-refractivity contribution in [3.8, 4) is 11.5 Å². The van der Waals surface area contributed by atoms with Crippen LogP contribution in [0.25, 0.3) is 10.8 Å². The minimum absolute atomic E-state index is 0.0714. The van der Waals surface area contributed by atoms with Gasteiger partial charge in [0, 0.05) is 23.2 Å². The summed E-state index contributed by atoms with van der Waals surface area (Å²) >= 11 is 5.98. The lowest BCUT2D eigenvalue weighted by Gasteiger charge is -2.13. The number of anilines is 1. The van der Waals surface area contributed by atoms with E-state index < -0.39 is 0 Å². The first-order valence-corrected chi connectivity index (χ1v) is 9.29. The molecule has 3 rings (SSSR count). The minimum atomic E-state index is -0.364. The molecule has 1 amide bonds. The van der Waals surface area contributed by atoms with Crippen LogP contribution in [0.1, 0.15) is 13.3 Å². The van der Waals surface area contributed by atoms with Crippen LogP contribution in [-0.2, 0) is 11.3 Å². The number of benzene rings is 2. The van der Waals surface area contributed by atoms with Gasteiger partial charge in [-0.3, -0.25) is 9.59 Å². The van der Waals surface area contributed by atoms with Gasteiger partial charge in [-0.1, -0.05) is 24.6 Å². The zero-order chi connectivity index (χ0) is 20.1. The monoisotopic (exact) mass is 400 g/mol. The lowest BCUT2D eigenvalue weighted by molar-refractivity contribution is -0.118. The standard InChI is InChI=1S/C21H21ClN2O4/c1-3-10-24-11-9-15-16(21(24)26)5-4-6-18(15)28-13-20(25)23-17-12-14(22)7-8-19(17)27-2/h4-9,11-12H,3,10,13H2,1-2H3,(H,23,25). The van der Waals surface area contributed by atoms with Crippen LogP contribution >= 0.6 is 11.6 Å². The van der Waals surface area contributed by atoms with E-state index in [1.165, 1.54) is 7.11 Å². The average Bonchev–Trinajstić information content (AvgIpc) is 2.69. The van der Waals surface area contributed by atoms with Crippen molar-refractivity contribution in [3.63, 3.8) is 0 Å². The average molecular weight is 401 g/mol. The fraction of sp³-hybridized carbons (Fsp3) is 0.238. The number of ether oxygens (including phenoxy) is 2. The molecule has 0 radical (unpaired) electrons. The number of nitrogens with zero attached hydrogens (tertiary/aromatic N) is 1. The second kappa shape index (κ2) is 8.80. The molecule has 0 fully saturated rings. The summed E-state index contributed by atoms with van der Waals surface area (Å²) in [6.45, 7) is 2.46. The molecule has 7 heteroatoms. The topological polar surface area (TPSA) is 69.6 Å². The number of carbonyl (C=O) groups excluding carboxylic acids is 1. The van der Waals surface area contributed by atoms with Crippen LogP contribution in [0.2, 0.25) is 5.02 Å². The van der Waals surface area contributed by atoms with Crippen molar-refractivity contribution in [3.05, 3.63) is 64.0 Å². The van der Waals surface area contributed by atoms with Gasteiger partial charge in [0.05, 0.1) is 18.2 Å². The Hall–Kier alpha value is -2.99. The van der Waals surface area contributed by atoms with Gasteiger partial charge in [-0.05, 0) is 42.8 Å². The van der Waals surface area contributed by atoms with Gasteiger partial charge in [0.25, 0.3) is 11.5 Å². The third-order valence-corrected chi connectivity index (χ3v) is 4.47. The molecule has 0 saturated heterocycles. The van der Waals surface area contributed by atoms with Crippen LogP contribution in [0.15, 0.2) is 53.5 Å². The number of hydrogen-bond donors (Lipinski definition) is 1. The van der Waals surface area contributed by atoms with E-state index in [4.69, 9.17) is 21.1 Å². The number of nitrogens with one attached hydrogen (secondary N) is 1. The lowest BCUT2D eigenvalue weighted by atomic mass is 10.1. The molecule has 28 heavy (non-hydrogen) atoms. The Balaban J connectivity index is 1.77. The van der Waals surface area contributed by atoms with E-state index in [1.54, 1.807) is 47.2 Å². The Labute approximate surface area is 167 Å². The molecule has 0 aliphatic heterocycles. The predicted octanol–water partition coefficient (Wildman–Crippen LogP) is 4.09. The van der Waals surface area contributed by atoms with Gasteiger partial charge in [-0.25, -0.2) is 0 Å². The molecular formula is C21H21ClN2O4. The fourth-order valence-electron chi connectivity index (χ4n) is 2.94. The van der Waals surface area contributed by atoms with Crippen LogP contribution in [-0.4, -0.2) is 24.2 Å². The number of amides is 1. The van der Waals surface area contributed by atoms with Gasteiger partial charge in [0.2, 0.25) is 0 Å². The SMILES string of the molecule is CCCn1ccc2c(OCC(=O)Nc3cc(Cl)ccc3OC)cccc2c1=O. The van der Waals surface area contributed by atoms with Crippen LogP contribution in [0.5, 0.6) is 11.5 Å². The molecule has 0 bridgehead atoms. The van der Waals surface area contributed by atoms with Crippen LogP contribution < -0.4 is 20.3 Å². The number of halogens is 1. The second-order valence-electron chi connectivity index (χ2n) is 6.21. The number of aromatic nitrogens is 1. The Kier molecular flexibility index (Phi) is 6.21. The highest BCUT2D eigenvalue weighted by atomic mass is 35.5. The summed E-state index contributed by atoms with van der Waals surface area (Å²) in [6.07, 6.45) is 2.62. The smallest absolute Gasteiger partial charge is 0.262 e. The molecule has 0 saturated carbocycles. The first-order valence-electron chi connectivity index (χ1n) is 8.92. The summed E-state index contributed by atoms with van der Waals surface area (Å²) in [5.41, 5.74) is 0.391. The Morgan fingerprint density at radius 2 is 1.96 bits per heavy atom. The quantitative estimate of drug-likeness (QED) is 0.648. The van der Waals surface area contributed by atoms with Crippen molar-refractivity contribution in [2.45, 2.75) is 19.9 Å². The van der Waals surface area contributed by atoms with Crippen LogP contribution in [0, 0.1) is 0 Å². The molecule has 1 N–H and O–H groups in total. The first kappa shape index (κ1) is 19.8. The van der Waals surface area contributed by atoms with E-state index in [1.807, 2.05) is 13.0 Å². The molecular weight excluding hydrogens is 380 g/mol. The van der Waals surface area contributed by atoms with Crippen molar-refractivity contribution in [2.24, 2.45) is 0 Å². The highest BCUT2D eigenvalue weighted by Crippen LogP contribution is 2.28. The molecule has 0 aliphatic rings. The van der Waals surface area contributed by atoms with Crippen LogP contribution in [0.4, 0.5) is 5.69 Å². The third kappa shape index (κ3) is 4.28.